The molecule has 3 N–H and O–H groups in total. The molecule has 4 rings (SSSR count). The molecule has 1 atom stereocenters. The van der Waals surface area contributed by atoms with E-state index in [1.54, 1.807) is 30.3 Å². The molecule has 2 aliphatic heterocycles. The Labute approximate surface area is 167 Å². The Bertz CT molecular complexity index is 934. The zero-order chi connectivity index (χ0) is 20.4. The monoisotopic (exact) mass is 399 g/mol. The number of nitrogens with one attached hydrogen (secondary N) is 2. The normalized spacial score (nSPS) is 21.2. The number of hydrogen-bond acceptors (Lipinski definition) is 5. The standard InChI is InChI=1S/C21H22FN3O4/c22-15-3-1-14(2-4-15)10-21(28)7-8-25(13-21)11-19(26)23-16-5-6-18-17(9-16)24-20(27)12-29-18/h1-6,9,28H,7-8,10-13H2,(H,23,26)(H,24,27). The summed E-state index contributed by atoms with van der Waals surface area (Å²) in [5.41, 5.74) is 0.999. The maximum atomic E-state index is 13.0. The van der Waals surface area contributed by atoms with Gasteiger partial charge in [0.15, 0.2) is 6.61 Å². The van der Waals surface area contributed by atoms with Crippen molar-refractivity contribution in [1.82, 2.24) is 4.90 Å². The van der Waals surface area contributed by atoms with Gasteiger partial charge in [-0.1, -0.05) is 12.1 Å². The Morgan fingerprint density at radius 3 is 2.86 bits per heavy atom. The molecule has 7 nitrogen and oxygen atoms in total. The van der Waals surface area contributed by atoms with Crippen molar-refractivity contribution in [2.45, 2.75) is 18.4 Å². The van der Waals surface area contributed by atoms with E-state index in [2.05, 4.69) is 10.6 Å². The van der Waals surface area contributed by atoms with Crippen molar-refractivity contribution in [3.05, 3.63) is 53.8 Å². The van der Waals surface area contributed by atoms with Crippen molar-refractivity contribution in [2.75, 3.05) is 36.9 Å². The zero-order valence-corrected chi connectivity index (χ0v) is 15.8. The van der Waals surface area contributed by atoms with E-state index in [1.165, 1.54) is 12.1 Å². The minimum atomic E-state index is -0.939. The minimum Gasteiger partial charge on any atom is -0.482 e. The summed E-state index contributed by atoms with van der Waals surface area (Å²) in [6, 6.07) is 11.2. The Hall–Kier alpha value is -2.97. The molecule has 0 bridgehead atoms. The van der Waals surface area contributed by atoms with E-state index >= 15 is 0 Å². The fraction of sp³-hybridized carbons (Fsp3) is 0.333. The van der Waals surface area contributed by atoms with Crippen LogP contribution >= 0.6 is 0 Å². The second-order valence-electron chi connectivity index (χ2n) is 7.58. The van der Waals surface area contributed by atoms with Gasteiger partial charge in [-0.2, -0.15) is 0 Å². The molecule has 2 amide bonds. The predicted molar refractivity (Wildman–Crippen MR) is 105 cm³/mol. The molecule has 2 aromatic carbocycles. The fourth-order valence-electron chi connectivity index (χ4n) is 3.77. The highest BCUT2D eigenvalue weighted by Crippen LogP contribution is 2.30. The number of β-amino-alcohol motifs (C(OH)–C–C–N with tert-alkyl or cyclic N) is 1. The molecule has 1 unspecified atom stereocenters. The molecule has 8 heteroatoms. The van der Waals surface area contributed by atoms with Crippen LogP contribution in [0.15, 0.2) is 42.5 Å². The summed E-state index contributed by atoms with van der Waals surface area (Å²) >= 11 is 0. The maximum Gasteiger partial charge on any atom is 0.262 e. The van der Waals surface area contributed by atoms with Crippen LogP contribution in [0.1, 0.15) is 12.0 Å². The van der Waals surface area contributed by atoms with E-state index in [0.29, 0.717) is 43.1 Å². The first-order valence-electron chi connectivity index (χ1n) is 9.44. The number of carbonyl (C=O) groups is 2. The van der Waals surface area contributed by atoms with Gasteiger partial charge >= 0.3 is 0 Å². The van der Waals surface area contributed by atoms with Gasteiger partial charge in [-0.15, -0.1) is 0 Å². The van der Waals surface area contributed by atoms with Gasteiger partial charge in [0.25, 0.3) is 5.91 Å². The molecule has 0 aromatic heterocycles. The number of amides is 2. The van der Waals surface area contributed by atoms with Crippen LogP contribution < -0.4 is 15.4 Å². The number of anilines is 2. The SMILES string of the molecule is O=C(CN1CCC(O)(Cc2ccc(F)cc2)C1)Nc1ccc2c(c1)NC(=O)CO2. The molecule has 0 radical (unpaired) electrons. The van der Waals surface area contributed by atoms with Crippen molar-refractivity contribution >= 4 is 23.2 Å². The molecule has 1 fully saturated rings. The Kier molecular flexibility index (Phi) is 5.21. The van der Waals surface area contributed by atoms with Crippen LogP contribution in [-0.4, -0.2) is 53.7 Å². The van der Waals surface area contributed by atoms with Crippen LogP contribution in [0.3, 0.4) is 0 Å². The second-order valence-corrected chi connectivity index (χ2v) is 7.58. The van der Waals surface area contributed by atoms with Crippen LogP contribution in [0.2, 0.25) is 0 Å². The zero-order valence-electron chi connectivity index (χ0n) is 15.8. The van der Waals surface area contributed by atoms with E-state index in [4.69, 9.17) is 4.74 Å². The summed E-state index contributed by atoms with van der Waals surface area (Å²) in [6.07, 6.45) is 0.954. The topological polar surface area (TPSA) is 90.9 Å². The number of likely N-dealkylation sites (tertiary alicyclic amines) is 1. The lowest BCUT2D eigenvalue weighted by atomic mass is 9.94. The highest BCUT2D eigenvalue weighted by atomic mass is 19.1. The number of nitrogens with zero attached hydrogens (tertiary/aromatic N) is 1. The molecule has 0 aliphatic carbocycles. The van der Waals surface area contributed by atoms with E-state index < -0.39 is 5.60 Å². The number of rotatable bonds is 5. The molecular weight excluding hydrogens is 377 g/mol. The molecule has 0 saturated carbocycles. The fourth-order valence-corrected chi connectivity index (χ4v) is 3.77. The molecule has 2 aliphatic rings. The Morgan fingerprint density at radius 2 is 2.07 bits per heavy atom. The van der Waals surface area contributed by atoms with Crippen LogP contribution in [0.5, 0.6) is 5.75 Å². The molecule has 29 heavy (non-hydrogen) atoms. The van der Waals surface area contributed by atoms with Gasteiger partial charge in [0.1, 0.15) is 11.6 Å². The number of benzene rings is 2. The van der Waals surface area contributed by atoms with E-state index in [1.807, 2.05) is 4.90 Å². The molecule has 1 saturated heterocycles. The van der Waals surface area contributed by atoms with Crippen molar-refractivity contribution in [3.8, 4) is 5.75 Å². The van der Waals surface area contributed by atoms with Crippen LogP contribution in [0.25, 0.3) is 0 Å². The highest BCUT2D eigenvalue weighted by molar-refractivity contribution is 5.98. The predicted octanol–water partition coefficient (Wildman–Crippen LogP) is 1.77. The quantitative estimate of drug-likeness (QED) is 0.713. The highest BCUT2D eigenvalue weighted by Gasteiger charge is 2.36. The van der Waals surface area contributed by atoms with Gasteiger partial charge in [-0.05, 0) is 42.3 Å². The van der Waals surface area contributed by atoms with Crippen molar-refractivity contribution < 1.29 is 23.8 Å². The van der Waals surface area contributed by atoms with Gasteiger partial charge in [0.2, 0.25) is 5.91 Å². The number of fused-ring (bicyclic) bond motifs is 1. The van der Waals surface area contributed by atoms with Gasteiger partial charge in [0.05, 0.1) is 17.8 Å². The summed E-state index contributed by atoms with van der Waals surface area (Å²) in [4.78, 5) is 25.7. The minimum absolute atomic E-state index is 0.0193. The molecule has 0 spiro atoms. The first-order chi connectivity index (χ1) is 13.9. The first kappa shape index (κ1) is 19.4. The van der Waals surface area contributed by atoms with Gasteiger partial charge < -0.3 is 20.5 Å². The van der Waals surface area contributed by atoms with Crippen molar-refractivity contribution in [1.29, 1.82) is 0 Å². The summed E-state index contributed by atoms with van der Waals surface area (Å²) in [5, 5.41) is 16.3. The lowest BCUT2D eigenvalue weighted by Crippen LogP contribution is -2.38. The lowest BCUT2D eigenvalue weighted by molar-refractivity contribution is -0.119. The smallest absolute Gasteiger partial charge is 0.262 e. The number of carbonyl (C=O) groups excluding carboxylic acids is 2. The summed E-state index contributed by atoms with van der Waals surface area (Å²) in [7, 11) is 0. The third-order valence-electron chi connectivity index (χ3n) is 5.12. The largest absolute Gasteiger partial charge is 0.482 e. The average Bonchev–Trinajstić information content (AvgIpc) is 3.03. The maximum absolute atomic E-state index is 13.0. The third-order valence-corrected chi connectivity index (χ3v) is 5.12. The van der Waals surface area contributed by atoms with E-state index in [9.17, 15) is 19.1 Å². The van der Waals surface area contributed by atoms with Crippen LogP contribution in [-0.2, 0) is 16.0 Å². The average molecular weight is 399 g/mol. The Balaban J connectivity index is 1.32. The number of hydrogen-bond donors (Lipinski definition) is 3. The van der Waals surface area contributed by atoms with E-state index in [0.717, 1.165) is 5.56 Å². The summed E-state index contributed by atoms with van der Waals surface area (Å²) in [5.74, 6) is -0.190. The van der Waals surface area contributed by atoms with Gasteiger partial charge in [0, 0.05) is 25.2 Å². The van der Waals surface area contributed by atoms with Crippen LogP contribution in [0, 0.1) is 5.82 Å². The van der Waals surface area contributed by atoms with E-state index in [-0.39, 0.29) is 30.8 Å². The second kappa shape index (κ2) is 7.81. The first-order valence-corrected chi connectivity index (χ1v) is 9.44. The molecule has 152 valence electrons. The molecular formula is C21H22FN3O4. The van der Waals surface area contributed by atoms with Crippen LogP contribution in [0.4, 0.5) is 15.8 Å². The van der Waals surface area contributed by atoms with Crippen molar-refractivity contribution in [3.63, 3.8) is 0 Å². The number of ether oxygens (including phenoxy) is 1. The number of halogens is 1. The third kappa shape index (κ3) is 4.72. The molecule has 2 aromatic rings. The molecule has 2 heterocycles. The van der Waals surface area contributed by atoms with Gasteiger partial charge in [-0.3, -0.25) is 14.5 Å². The van der Waals surface area contributed by atoms with Gasteiger partial charge in [-0.25, -0.2) is 4.39 Å². The lowest BCUT2D eigenvalue weighted by Gasteiger charge is -2.23. The summed E-state index contributed by atoms with van der Waals surface area (Å²) in [6.45, 7) is 1.09. The number of aliphatic hydroxyl groups is 1. The Morgan fingerprint density at radius 1 is 1.28 bits per heavy atom. The summed E-state index contributed by atoms with van der Waals surface area (Å²) < 4.78 is 18.3. The van der Waals surface area contributed by atoms with Crippen molar-refractivity contribution in [2.24, 2.45) is 0 Å².